The molecule has 2 aliphatic rings. The van der Waals surface area contributed by atoms with Crippen LogP contribution < -0.4 is 15.5 Å². The number of terminal acetylenes is 1. The molecule has 0 bridgehead atoms. The number of ether oxygens (including phenoxy) is 1. The van der Waals surface area contributed by atoms with Gasteiger partial charge in [0.25, 0.3) is 0 Å². The maximum atomic E-state index is 12.6. The van der Waals surface area contributed by atoms with Crippen LogP contribution in [0.5, 0.6) is 0 Å². The van der Waals surface area contributed by atoms with Gasteiger partial charge in [0.2, 0.25) is 5.91 Å². The summed E-state index contributed by atoms with van der Waals surface area (Å²) in [6.45, 7) is 6.37. The Hall–Kier alpha value is -3.75. The second kappa shape index (κ2) is 10.5. The third kappa shape index (κ3) is 5.10. The lowest BCUT2D eigenvalue weighted by molar-refractivity contribution is -0.117. The molecule has 2 heterocycles. The summed E-state index contributed by atoms with van der Waals surface area (Å²) < 4.78 is 5.51. The predicted octanol–water partition coefficient (Wildman–Crippen LogP) is 6.08. The van der Waals surface area contributed by atoms with Crippen LogP contribution in [0.1, 0.15) is 43.9 Å². The lowest BCUT2D eigenvalue weighted by Crippen LogP contribution is -2.43. The Balaban J connectivity index is 1.45. The summed E-state index contributed by atoms with van der Waals surface area (Å²) in [5, 5.41) is 7.27. The molecule has 3 aromatic rings. The van der Waals surface area contributed by atoms with Crippen molar-refractivity contribution in [2.75, 3.05) is 35.3 Å². The van der Waals surface area contributed by atoms with Gasteiger partial charge >= 0.3 is 0 Å². The first-order valence-corrected chi connectivity index (χ1v) is 12.7. The van der Waals surface area contributed by atoms with Gasteiger partial charge < -0.3 is 20.3 Å². The fourth-order valence-electron chi connectivity index (χ4n) is 5.34. The highest BCUT2D eigenvalue weighted by molar-refractivity contribution is 5.94. The van der Waals surface area contributed by atoms with Crippen LogP contribution in [0.2, 0.25) is 0 Å². The van der Waals surface area contributed by atoms with Crippen LogP contribution >= 0.6 is 0 Å². The molecule has 5 heteroatoms. The van der Waals surface area contributed by atoms with Crippen molar-refractivity contribution in [1.29, 1.82) is 0 Å². The van der Waals surface area contributed by atoms with Gasteiger partial charge in [-0.05, 0) is 85.0 Å². The third-order valence-electron chi connectivity index (χ3n) is 7.23. The minimum atomic E-state index is 0.0652. The quantitative estimate of drug-likeness (QED) is 0.421. The maximum Gasteiger partial charge on any atom is 0.224 e. The lowest BCUT2D eigenvalue weighted by Gasteiger charge is -2.39. The molecule has 3 atom stereocenters. The topological polar surface area (TPSA) is 53.6 Å². The minimum absolute atomic E-state index is 0.0652. The van der Waals surface area contributed by atoms with Gasteiger partial charge in [0.15, 0.2) is 0 Å². The van der Waals surface area contributed by atoms with Crippen LogP contribution in [0.4, 0.5) is 17.1 Å². The zero-order valence-corrected chi connectivity index (χ0v) is 21.0. The molecule has 0 spiro atoms. The third-order valence-corrected chi connectivity index (χ3v) is 7.23. The summed E-state index contributed by atoms with van der Waals surface area (Å²) in [4.78, 5) is 14.5. The van der Waals surface area contributed by atoms with Crippen molar-refractivity contribution in [2.45, 2.75) is 38.8 Å². The van der Waals surface area contributed by atoms with E-state index in [0.29, 0.717) is 5.92 Å². The van der Waals surface area contributed by atoms with Crippen molar-refractivity contribution in [1.82, 2.24) is 0 Å². The van der Waals surface area contributed by atoms with Crippen LogP contribution in [-0.2, 0) is 9.53 Å². The van der Waals surface area contributed by atoms with Crippen molar-refractivity contribution in [3.05, 3.63) is 77.9 Å². The van der Waals surface area contributed by atoms with Gasteiger partial charge in [0, 0.05) is 54.7 Å². The van der Waals surface area contributed by atoms with Gasteiger partial charge in [-0.1, -0.05) is 24.1 Å². The highest BCUT2D eigenvalue weighted by atomic mass is 16.5. The number of amides is 1. The van der Waals surface area contributed by atoms with Gasteiger partial charge in [-0.15, -0.1) is 6.42 Å². The largest absolute Gasteiger partial charge is 0.385 e. The lowest BCUT2D eigenvalue weighted by atomic mass is 9.88. The smallest absolute Gasteiger partial charge is 0.224 e. The molecule has 2 N–H and O–H groups in total. The fraction of sp³-hybridized carbons (Fsp3) is 0.323. The van der Waals surface area contributed by atoms with Gasteiger partial charge in [0.05, 0.1) is 12.6 Å². The SMILES string of the molecule is C#Cc1ccc(N[C@@H]2C[C@H](C)N(C(C)=O)c3ccc(-c4cccc(NCC5CCOC5)c4)cc32)cc1. The molecule has 1 amide bonds. The molecule has 1 fully saturated rings. The van der Waals surface area contributed by atoms with E-state index in [1.54, 1.807) is 6.92 Å². The molecule has 1 unspecified atom stereocenters. The molecule has 184 valence electrons. The first-order valence-electron chi connectivity index (χ1n) is 12.7. The molecule has 3 aromatic carbocycles. The van der Waals surface area contributed by atoms with Gasteiger partial charge in [-0.2, -0.15) is 0 Å². The Kier molecular flexibility index (Phi) is 6.97. The van der Waals surface area contributed by atoms with E-state index in [4.69, 9.17) is 11.2 Å². The standard InChI is InChI=1S/C31H33N3O2/c1-4-23-8-11-27(12-9-23)33-30-16-21(2)34(22(3)35)31-13-10-26(18-29(30)31)25-6-5-7-28(17-25)32-19-24-14-15-36-20-24/h1,5-13,17-18,21,24,30,32-33H,14-16,19-20H2,2-3H3/t21-,24?,30+/m0/s1. The van der Waals surface area contributed by atoms with E-state index < -0.39 is 0 Å². The van der Waals surface area contributed by atoms with Gasteiger partial charge in [-0.3, -0.25) is 4.79 Å². The van der Waals surface area contributed by atoms with E-state index in [0.717, 1.165) is 71.9 Å². The normalized spacial score (nSPS) is 20.9. The van der Waals surface area contributed by atoms with Crippen LogP contribution in [0, 0.1) is 18.3 Å². The number of carbonyl (C=O) groups is 1. The van der Waals surface area contributed by atoms with Crippen molar-refractivity contribution < 1.29 is 9.53 Å². The number of hydrogen-bond acceptors (Lipinski definition) is 4. The zero-order valence-electron chi connectivity index (χ0n) is 21.0. The summed E-state index contributed by atoms with van der Waals surface area (Å²) in [6, 6.07) is 23.1. The van der Waals surface area contributed by atoms with Crippen molar-refractivity contribution in [2.24, 2.45) is 5.92 Å². The van der Waals surface area contributed by atoms with Gasteiger partial charge in [0.1, 0.15) is 0 Å². The average molecular weight is 480 g/mol. The van der Waals surface area contributed by atoms with Crippen LogP contribution in [0.15, 0.2) is 66.7 Å². The minimum Gasteiger partial charge on any atom is -0.385 e. The molecule has 1 saturated heterocycles. The highest BCUT2D eigenvalue weighted by Crippen LogP contribution is 2.41. The van der Waals surface area contributed by atoms with Crippen LogP contribution in [0.3, 0.4) is 0 Å². The van der Waals surface area contributed by atoms with Crippen molar-refractivity contribution in [3.63, 3.8) is 0 Å². The number of benzene rings is 3. The van der Waals surface area contributed by atoms with Gasteiger partial charge in [-0.25, -0.2) is 0 Å². The Morgan fingerprint density at radius 2 is 1.89 bits per heavy atom. The highest BCUT2D eigenvalue weighted by Gasteiger charge is 2.32. The Morgan fingerprint density at radius 3 is 2.61 bits per heavy atom. The van der Waals surface area contributed by atoms with E-state index in [2.05, 4.69) is 65.9 Å². The van der Waals surface area contributed by atoms with E-state index in [1.807, 2.05) is 29.2 Å². The number of anilines is 3. The average Bonchev–Trinajstić information content (AvgIpc) is 3.41. The summed E-state index contributed by atoms with van der Waals surface area (Å²) >= 11 is 0. The predicted molar refractivity (Wildman–Crippen MR) is 147 cm³/mol. The molecule has 0 radical (unpaired) electrons. The summed E-state index contributed by atoms with van der Waals surface area (Å²) in [5.41, 5.74) is 7.36. The van der Waals surface area contributed by atoms with Crippen molar-refractivity contribution >= 4 is 23.0 Å². The molecule has 5 nitrogen and oxygen atoms in total. The fourth-order valence-corrected chi connectivity index (χ4v) is 5.34. The summed E-state index contributed by atoms with van der Waals surface area (Å²) in [6.07, 6.45) is 7.46. The number of rotatable bonds is 6. The van der Waals surface area contributed by atoms with Crippen LogP contribution in [-0.4, -0.2) is 31.7 Å². The second-order valence-electron chi connectivity index (χ2n) is 9.86. The number of carbonyl (C=O) groups excluding carboxylic acids is 1. The Bertz CT molecular complexity index is 1270. The molecule has 0 aliphatic carbocycles. The molecular weight excluding hydrogens is 446 g/mol. The Morgan fingerprint density at radius 1 is 1.08 bits per heavy atom. The number of hydrogen-bond donors (Lipinski definition) is 2. The van der Waals surface area contributed by atoms with E-state index >= 15 is 0 Å². The number of fused-ring (bicyclic) bond motifs is 1. The van der Waals surface area contributed by atoms with Crippen molar-refractivity contribution in [3.8, 4) is 23.5 Å². The summed E-state index contributed by atoms with van der Waals surface area (Å²) in [5.74, 6) is 3.30. The number of nitrogens with zero attached hydrogens (tertiary/aromatic N) is 1. The maximum absolute atomic E-state index is 12.6. The molecule has 2 aliphatic heterocycles. The van der Waals surface area contributed by atoms with E-state index in [-0.39, 0.29) is 18.0 Å². The van der Waals surface area contributed by atoms with E-state index in [1.165, 1.54) is 0 Å². The summed E-state index contributed by atoms with van der Waals surface area (Å²) in [7, 11) is 0. The Labute approximate surface area is 213 Å². The molecular formula is C31H33N3O2. The zero-order chi connectivity index (χ0) is 25.1. The molecule has 0 saturated carbocycles. The van der Waals surface area contributed by atoms with E-state index in [9.17, 15) is 4.79 Å². The number of nitrogens with one attached hydrogen (secondary N) is 2. The van der Waals surface area contributed by atoms with Crippen LogP contribution in [0.25, 0.3) is 11.1 Å². The molecule has 5 rings (SSSR count). The first-order chi connectivity index (χ1) is 17.5. The molecule has 0 aromatic heterocycles. The monoisotopic (exact) mass is 479 g/mol. The molecule has 36 heavy (non-hydrogen) atoms. The first kappa shape index (κ1) is 24.0. The second-order valence-corrected chi connectivity index (χ2v) is 9.86.